The van der Waals surface area contributed by atoms with Crippen LogP contribution in [0, 0.1) is 29.1 Å². The lowest BCUT2D eigenvalue weighted by Crippen LogP contribution is -2.52. The molecule has 0 aliphatic heterocycles. The lowest BCUT2D eigenvalue weighted by Gasteiger charge is -2.57. The fourth-order valence-corrected chi connectivity index (χ4v) is 3.86. The number of aliphatic imine (C=N–C) groups is 1. The minimum atomic E-state index is 0.299. The molecule has 0 aromatic carbocycles. The molecule has 2 bridgehead atoms. The quantitative estimate of drug-likeness (QED) is 0.541. The second kappa shape index (κ2) is 4.85. The SMILES string of the molecule is CCC1C2C=CC=C(N=C=O)C1C2C(C)(C)CC. The van der Waals surface area contributed by atoms with Crippen LogP contribution in [0.2, 0.25) is 0 Å². The van der Waals surface area contributed by atoms with E-state index in [2.05, 4.69) is 44.8 Å². The van der Waals surface area contributed by atoms with Gasteiger partial charge in [0.2, 0.25) is 6.08 Å². The van der Waals surface area contributed by atoms with Gasteiger partial charge in [-0.1, -0.05) is 52.7 Å². The topological polar surface area (TPSA) is 29.4 Å². The molecule has 18 heavy (non-hydrogen) atoms. The minimum absolute atomic E-state index is 0.299. The van der Waals surface area contributed by atoms with Crippen LogP contribution in [0.3, 0.4) is 0 Å². The average Bonchev–Trinajstić information content (AvgIpc) is 2.60. The summed E-state index contributed by atoms with van der Waals surface area (Å²) < 4.78 is 0. The predicted octanol–water partition coefficient (Wildman–Crippen LogP) is 4.10. The standard InChI is InChI=1S/C16H23NO/c1-5-11-12-8-7-9-13(17-10-18)14(11)15(12)16(3,4)6-2/h7-9,11-12,14-15H,5-6H2,1-4H3. The molecule has 3 aliphatic carbocycles. The van der Waals surface area contributed by atoms with E-state index in [1.165, 1.54) is 0 Å². The number of nitrogens with zero attached hydrogens (tertiary/aromatic N) is 1. The van der Waals surface area contributed by atoms with Crippen LogP contribution in [0.5, 0.6) is 0 Å². The molecule has 0 aromatic rings. The summed E-state index contributed by atoms with van der Waals surface area (Å²) in [6.07, 6.45) is 10.4. The van der Waals surface area contributed by atoms with Crippen molar-refractivity contribution >= 4 is 6.08 Å². The van der Waals surface area contributed by atoms with Gasteiger partial charge in [0.1, 0.15) is 0 Å². The minimum Gasteiger partial charge on any atom is -0.211 e. The van der Waals surface area contributed by atoms with Crippen molar-refractivity contribution in [3.8, 4) is 0 Å². The molecule has 0 N–H and O–H groups in total. The molecule has 98 valence electrons. The Balaban J connectivity index is 2.39. The molecule has 0 aromatic heterocycles. The van der Waals surface area contributed by atoms with Gasteiger partial charge in [-0.3, -0.25) is 0 Å². The Hall–Kier alpha value is -1.14. The molecule has 3 aliphatic rings. The second-order valence-corrected chi connectivity index (χ2v) is 6.22. The first-order valence-corrected chi connectivity index (χ1v) is 7.03. The van der Waals surface area contributed by atoms with Gasteiger partial charge in [0.05, 0.1) is 5.70 Å². The first kappa shape index (κ1) is 13.3. The lowest BCUT2D eigenvalue weighted by molar-refractivity contribution is -0.0520. The summed E-state index contributed by atoms with van der Waals surface area (Å²) in [4.78, 5) is 14.6. The van der Waals surface area contributed by atoms with Crippen molar-refractivity contribution in [3.05, 3.63) is 23.9 Å². The molecule has 0 radical (unpaired) electrons. The van der Waals surface area contributed by atoms with E-state index < -0.39 is 0 Å². The Morgan fingerprint density at radius 1 is 1.39 bits per heavy atom. The summed E-state index contributed by atoms with van der Waals surface area (Å²) in [5.41, 5.74) is 1.24. The van der Waals surface area contributed by atoms with Gasteiger partial charge in [0, 0.05) is 5.92 Å². The van der Waals surface area contributed by atoms with E-state index in [1.807, 2.05) is 6.08 Å². The van der Waals surface area contributed by atoms with E-state index in [-0.39, 0.29) is 0 Å². The van der Waals surface area contributed by atoms with Crippen molar-refractivity contribution in [1.82, 2.24) is 0 Å². The Bertz CT molecular complexity index is 426. The van der Waals surface area contributed by atoms with Crippen LogP contribution < -0.4 is 0 Å². The highest BCUT2D eigenvalue weighted by atomic mass is 16.1. The molecule has 3 rings (SSSR count). The lowest BCUT2D eigenvalue weighted by atomic mass is 9.47. The Labute approximate surface area is 110 Å². The zero-order valence-electron chi connectivity index (χ0n) is 11.8. The maximum absolute atomic E-state index is 10.6. The maximum Gasteiger partial charge on any atom is 0.240 e. The van der Waals surface area contributed by atoms with Crippen LogP contribution >= 0.6 is 0 Å². The normalized spacial score (nSPS) is 34.1. The highest BCUT2D eigenvalue weighted by molar-refractivity contribution is 5.40. The van der Waals surface area contributed by atoms with Crippen LogP contribution in [0.25, 0.3) is 0 Å². The summed E-state index contributed by atoms with van der Waals surface area (Å²) in [6.45, 7) is 9.17. The van der Waals surface area contributed by atoms with Gasteiger partial charge in [-0.25, -0.2) is 4.79 Å². The molecule has 0 amide bonds. The fraction of sp³-hybridized carbons (Fsp3) is 0.688. The first-order chi connectivity index (χ1) is 8.56. The van der Waals surface area contributed by atoms with Crippen molar-refractivity contribution in [1.29, 1.82) is 0 Å². The van der Waals surface area contributed by atoms with Crippen LogP contribution in [0.15, 0.2) is 28.9 Å². The van der Waals surface area contributed by atoms with Crippen LogP contribution in [-0.4, -0.2) is 6.08 Å². The zero-order chi connectivity index (χ0) is 13.3. The van der Waals surface area contributed by atoms with E-state index in [1.54, 1.807) is 6.08 Å². The van der Waals surface area contributed by atoms with Gasteiger partial charge in [-0.2, -0.15) is 4.99 Å². The smallest absolute Gasteiger partial charge is 0.211 e. The van der Waals surface area contributed by atoms with E-state index >= 15 is 0 Å². The Morgan fingerprint density at radius 3 is 2.67 bits per heavy atom. The molecule has 1 saturated carbocycles. The van der Waals surface area contributed by atoms with Crippen molar-refractivity contribution in [2.75, 3.05) is 0 Å². The van der Waals surface area contributed by atoms with Gasteiger partial charge in [0.25, 0.3) is 0 Å². The highest BCUT2D eigenvalue weighted by Gasteiger charge is 2.55. The second-order valence-electron chi connectivity index (χ2n) is 6.22. The summed E-state index contributed by atoms with van der Waals surface area (Å²) in [5.74, 6) is 2.33. The van der Waals surface area contributed by atoms with Crippen LogP contribution in [0.4, 0.5) is 0 Å². The molecule has 4 unspecified atom stereocenters. The molecule has 0 heterocycles. The molecule has 0 saturated heterocycles. The van der Waals surface area contributed by atoms with Crippen molar-refractivity contribution in [2.24, 2.45) is 34.1 Å². The highest BCUT2D eigenvalue weighted by Crippen LogP contribution is 2.60. The van der Waals surface area contributed by atoms with E-state index in [9.17, 15) is 4.79 Å². The Kier molecular flexibility index (Phi) is 3.59. The Morgan fingerprint density at radius 2 is 2.11 bits per heavy atom. The number of carbonyl (C=O) groups excluding carboxylic acids is 1. The summed E-state index contributed by atoms with van der Waals surface area (Å²) in [7, 11) is 0. The molecule has 0 spiro atoms. The average molecular weight is 245 g/mol. The molecule has 2 heteroatoms. The third-order valence-electron chi connectivity index (χ3n) is 5.16. The summed E-state index contributed by atoms with van der Waals surface area (Å²) >= 11 is 0. The third kappa shape index (κ3) is 1.89. The van der Waals surface area contributed by atoms with Crippen molar-refractivity contribution in [2.45, 2.75) is 40.5 Å². The largest absolute Gasteiger partial charge is 0.240 e. The number of allylic oxidation sites excluding steroid dienone is 4. The maximum atomic E-state index is 10.6. The van der Waals surface area contributed by atoms with Gasteiger partial charge in [-0.05, 0) is 29.2 Å². The number of hydrogen-bond donors (Lipinski definition) is 0. The van der Waals surface area contributed by atoms with E-state index in [0.717, 1.165) is 18.5 Å². The monoisotopic (exact) mass is 245 g/mol. The molecular formula is C16H23NO. The van der Waals surface area contributed by atoms with Gasteiger partial charge < -0.3 is 0 Å². The van der Waals surface area contributed by atoms with Crippen LogP contribution in [0.1, 0.15) is 40.5 Å². The van der Waals surface area contributed by atoms with Crippen molar-refractivity contribution in [3.63, 3.8) is 0 Å². The van der Waals surface area contributed by atoms with E-state index in [0.29, 0.717) is 29.1 Å². The molecule has 4 atom stereocenters. The zero-order valence-corrected chi connectivity index (χ0v) is 11.8. The molecule has 1 fully saturated rings. The van der Waals surface area contributed by atoms with Gasteiger partial charge >= 0.3 is 0 Å². The van der Waals surface area contributed by atoms with Crippen molar-refractivity contribution < 1.29 is 4.79 Å². The van der Waals surface area contributed by atoms with Crippen LogP contribution in [-0.2, 0) is 4.79 Å². The number of rotatable bonds is 4. The molecular weight excluding hydrogens is 222 g/mol. The number of isocyanates is 1. The summed E-state index contributed by atoms with van der Waals surface area (Å²) in [5, 5.41) is 0. The molecule has 2 nitrogen and oxygen atoms in total. The van der Waals surface area contributed by atoms with Gasteiger partial charge in [0.15, 0.2) is 0 Å². The number of fused-ring (bicyclic) bond motifs is 1. The first-order valence-electron chi connectivity index (χ1n) is 7.03. The van der Waals surface area contributed by atoms with E-state index in [4.69, 9.17) is 0 Å². The summed E-state index contributed by atoms with van der Waals surface area (Å²) in [6, 6.07) is 0. The fourth-order valence-electron chi connectivity index (χ4n) is 3.86. The predicted molar refractivity (Wildman–Crippen MR) is 73.7 cm³/mol. The van der Waals surface area contributed by atoms with Gasteiger partial charge in [-0.15, -0.1) is 0 Å². The third-order valence-corrected chi connectivity index (χ3v) is 5.16. The number of hydrogen-bond acceptors (Lipinski definition) is 2.